The fraction of sp³-hybridized carbons (Fsp3) is 0.143. The number of benzene rings is 1. The summed E-state index contributed by atoms with van der Waals surface area (Å²) in [5.74, 6) is 0. The Kier molecular flexibility index (Phi) is 2.35. The van der Waals surface area contributed by atoms with Gasteiger partial charge in [0.15, 0.2) is 6.17 Å². The monoisotopic (exact) mass is 216 g/mol. The van der Waals surface area contributed by atoms with Gasteiger partial charge in [0.1, 0.15) is 0 Å². The van der Waals surface area contributed by atoms with Gasteiger partial charge in [0.05, 0.1) is 10.0 Å². The van der Waals surface area contributed by atoms with Crippen LogP contribution in [0.5, 0.6) is 0 Å². The average Bonchev–Trinajstić information content (AvgIpc) is 2.62. The summed E-state index contributed by atoms with van der Waals surface area (Å²) in [6.45, 7) is 0. The second-order valence-electron chi connectivity index (χ2n) is 2.52. The van der Waals surface area contributed by atoms with Crippen molar-refractivity contribution in [2.24, 2.45) is 10.3 Å². The smallest absolute Gasteiger partial charge is 0.167 e. The first-order valence-corrected chi connectivity index (χ1v) is 4.39. The SMILES string of the molecule is Clc1cccc(C2N=NNN2)c1Cl. The van der Waals surface area contributed by atoms with Gasteiger partial charge < -0.3 is 0 Å². The van der Waals surface area contributed by atoms with Crippen LogP contribution in [-0.4, -0.2) is 0 Å². The average molecular weight is 217 g/mol. The molecule has 0 saturated heterocycles. The molecule has 6 heteroatoms. The van der Waals surface area contributed by atoms with E-state index in [1.807, 2.05) is 12.1 Å². The van der Waals surface area contributed by atoms with Gasteiger partial charge in [0, 0.05) is 5.56 Å². The summed E-state index contributed by atoms with van der Waals surface area (Å²) < 4.78 is 0. The first kappa shape index (κ1) is 8.74. The molecule has 0 aliphatic carbocycles. The summed E-state index contributed by atoms with van der Waals surface area (Å²) in [6, 6.07) is 5.39. The van der Waals surface area contributed by atoms with Crippen LogP contribution in [0.25, 0.3) is 0 Å². The molecule has 1 unspecified atom stereocenters. The molecule has 1 atom stereocenters. The van der Waals surface area contributed by atoms with Crippen molar-refractivity contribution in [3.8, 4) is 0 Å². The zero-order valence-corrected chi connectivity index (χ0v) is 7.97. The van der Waals surface area contributed by atoms with Gasteiger partial charge in [-0.1, -0.05) is 40.6 Å². The van der Waals surface area contributed by atoms with Gasteiger partial charge in [0.2, 0.25) is 0 Å². The van der Waals surface area contributed by atoms with Gasteiger partial charge in [-0.15, -0.1) is 5.11 Å². The number of nitrogens with zero attached hydrogens (tertiary/aromatic N) is 2. The third kappa shape index (κ3) is 1.60. The van der Waals surface area contributed by atoms with Crippen molar-refractivity contribution in [3.05, 3.63) is 33.8 Å². The van der Waals surface area contributed by atoms with Gasteiger partial charge in [-0.2, -0.15) is 5.43 Å². The number of hydrazine groups is 1. The van der Waals surface area contributed by atoms with Crippen molar-refractivity contribution in [1.29, 1.82) is 0 Å². The van der Waals surface area contributed by atoms with E-state index >= 15 is 0 Å². The minimum Gasteiger partial charge on any atom is -0.222 e. The Labute approximate surface area is 84.9 Å². The van der Waals surface area contributed by atoms with E-state index in [1.54, 1.807) is 6.07 Å². The lowest BCUT2D eigenvalue weighted by Crippen LogP contribution is -2.24. The van der Waals surface area contributed by atoms with Crippen LogP contribution in [-0.2, 0) is 0 Å². The van der Waals surface area contributed by atoms with Crippen LogP contribution >= 0.6 is 23.2 Å². The minimum atomic E-state index is -0.258. The van der Waals surface area contributed by atoms with Crippen molar-refractivity contribution < 1.29 is 0 Å². The van der Waals surface area contributed by atoms with Gasteiger partial charge in [-0.25, -0.2) is 5.53 Å². The number of hydrogen-bond acceptors (Lipinski definition) is 4. The molecule has 0 aromatic heterocycles. The molecular formula is C7H6Cl2N4. The van der Waals surface area contributed by atoms with E-state index < -0.39 is 0 Å². The molecule has 1 aliphatic rings. The van der Waals surface area contributed by atoms with Crippen molar-refractivity contribution >= 4 is 23.2 Å². The third-order valence-corrected chi connectivity index (χ3v) is 2.53. The van der Waals surface area contributed by atoms with Crippen LogP contribution in [0.15, 0.2) is 28.5 Å². The Hall–Kier alpha value is -0.840. The molecule has 0 fully saturated rings. The lowest BCUT2D eigenvalue weighted by Gasteiger charge is -2.08. The molecule has 0 bridgehead atoms. The molecule has 2 N–H and O–H groups in total. The van der Waals surface area contributed by atoms with E-state index in [9.17, 15) is 0 Å². The quantitative estimate of drug-likeness (QED) is 0.758. The predicted octanol–water partition coefficient (Wildman–Crippen LogP) is 2.47. The highest BCUT2D eigenvalue weighted by atomic mass is 35.5. The molecule has 1 heterocycles. The Balaban J connectivity index is 2.39. The summed E-state index contributed by atoms with van der Waals surface area (Å²) >= 11 is 11.8. The summed E-state index contributed by atoms with van der Waals surface area (Å²) in [7, 11) is 0. The maximum absolute atomic E-state index is 5.97. The molecule has 1 aromatic rings. The molecule has 1 aromatic carbocycles. The van der Waals surface area contributed by atoms with Gasteiger partial charge in [-0.05, 0) is 6.07 Å². The van der Waals surface area contributed by atoms with Gasteiger partial charge >= 0.3 is 0 Å². The molecule has 1 aliphatic heterocycles. The van der Waals surface area contributed by atoms with Gasteiger partial charge in [0.25, 0.3) is 0 Å². The molecule has 0 spiro atoms. The van der Waals surface area contributed by atoms with Crippen LogP contribution in [0.2, 0.25) is 10.0 Å². The first-order valence-electron chi connectivity index (χ1n) is 3.63. The molecule has 0 radical (unpaired) electrons. The fourth-order valence-electron chi connectivity index (χ4n) is 1.08. The normalized spacial score (nSPS) is 20.3. The van der Waals surface area contributed by atoms with E-state index in [0.717, 1.165) is 5.56 Å². The highest BCUT2D eigenvalue weighted by Crippen LogP contribution is 2.30. The molecular weight excluding hydrogens is 211 g/mol. The lowest BCUT2D eigenvalue weighted by molar-refractivity contribution is 0.552. The minimum absolute atomic E-state index is 0.258. The zero-order chi connectivity index (χ0) is 9.26. The van der Waals surface area contributed by atoms with Crippen LogP contribution in [0.4, 0.5) is 0 Å². The summed E-state index contributed by atoms with van der Waals surface area (Å²) in [6.07, 6.45) is -0.258. The van der Waals surface area contributed by atoms with Crippen molar-refractivity contribution in [2.75, 3.05) is 0 Å². The first-order chi connectivity index (χ1) is 6.29. The summed E-state index contributed by atoms with van der Waals surface area (Å²) in [5, 5.41) is 8.46. The van der Waals surface area contributed by atoms with E-state index in [4.69, 9.17) is 23.2 Å². The Bertz CT molecular complexity index is 352. The Morgan fingerprint density at radius 3 is 2.85 bits per heavy atom. The molecule has 4 nitrogen and oxygen atoms in total. The van der Waals surface area contributed by atoms with Crippen LogP contribution in [0, 0.1) is 0 Å². The van der Waals surface area contributed by atoms with E-state index in [2.05, 4.69) is 21.3 Å². The molecule has 0 amide bonds. The lowest BCUT2D eigenvalue weighted by atomic mass is 10.2. The van der Waals surface area contributed by atoms with E-state index in [-0.39, 0.29) is 6.17 Å². The number of hydrogen-bond donors (Lipinski definition) is 2. The molecule has 0 saturated carbocycles. The van der Waals surface area contributed by atoms with Crippen LogP contribution in [0.3, 0.4) is 0 Å². The standard InChI is InChI=1S/C7H6Cl2N4/c8-5-3-1-2-4(6(5)9)7-10-12-13-11-7/h1-3,7H,(H,10,13)(H,11,12). The number of nitrogens with one attached hydrogen (secondary N) is 2. The number of rotatable bonds is 1. The third-order valence-electron chi connectivity index (χ3n) is 1.70. The fourth-order valence-corrected chi connectivity index (χ4v) is 1.49. The second kappa shape index (κ2) is 3.49. The van der Waals surface area contributed by atoms with E-state index in [0.29, 0.717) is 10.0 Å². The van der Waals surface area contributed by atoms with Crippen molar-refractivity contribution in [2.45, 2.75) is 6.17 Å². The van der Waals surface area contributed by atoms with Gasteiger partial charge in [-0.3, -0.25) is 0 Å². The molecule has 13 heavy (non-hydrogen) atoms. The highest BCUT2D eigenvalue weighted by Gasteiger charge is 2.17. The topological polar surface area (TPSA) is 48.8 Å². The van der Waals surface area contributed by atoms with Crippen LogP contribution in [0.1, 0.15) is 11.7 Å². The zero-order valence-electron chi connectivity index (χ0n) is 6.46. The Morgan fingerprint density at radius 1 is 1.31 bits per heavy atom. The second-order valence-corrected chi connectivity index (χ2v) is 3.30. The van der Waals surface area contributed by atoms with E-state index in [1.165, 1.54) is 0 Å². The summed E-state index contributed by atoms with van der Waals surface area (Å²) in [4.78, 5) is 0. The van der Waals surface area contributed by atoms with Crippen molar-refractivity contribution in [1.82, 2.24) is 11.0 Å². The Morgan fingerprint density at radius 2 is 2.15 bits per heavy atom. The highest BCUT2D eigenvalue weighted by molar-refractivity contribution is 6.42. The largest absolute Gasteiger partial charge is 0.222 e. The maximum Gasteiger partial charge on any atom is 0.167 e. The predicted molar refractivity (Wildman–Crippen MR) is 50.3 cm³/mol. The van der Waals surface area contributed by atoms with Crippen molar-refractivity contribution in [3.63, 3.8) is 0 Å². The maximum atomic E-state index is 5.97. The molecule has 2 rings (SSSR count). The molecule has 68 valence electrons. The van der Waals surface area contributed by atoms with Crippen LogP contribution < -0.4 is 11.0 Å². The summed E-state index contributed by atoms with van der Waals surface area (Å²) in [5.41, 5.74) is 6.15. The number of halogens is 2.